The molecular weight excluding hydrogens is 219 g/mol. The Morgan fingerprint density at radius 1 is 0.875 bits per heavy atom. The van der Waals surface area contributed by atoms with Gasteiger partial charge in [0.05, 0.1) is 11.0 Å². The monoisotopic (exact) mass is 228 g/mol. The summed E-state index contributed by atoms with van der Waals surface area (Å²) in [5.41, 5.74) is 2.02. The Morgan fingerprint density at radius 2 is 1.62 bits per heavy atom. The van der Waals surface area contributed by atoms with Crippen molar-refractivity contribution >= 4 is 30.9 Å². The average Bonchev–Trinajstić information content (AvgIpc) is 2.41. The van der Waals surface area contributed by atoms with Gasteiger partial charge in [0.15, 0.2) is 0 Å². The van der Waals surface area contributed by atoms with E-state index in [1.54, 1.807) is 15.3 Å². The van der Waals surface area contributed by atoms with Gasteiger partial charge in [0.25, 0.3) is 0 Å². The lowest BCUT2D eigenvalue weighted by Gasteiger charge is -2.00. The molecule has 78 valence electrons. The molecular formula is C12H9N2OP. The first-order chi connectivity index (χ1) is 7.95. The fourth-order valence-corrected chi connectivity index (χ4v) is 1.70. The summed E-state index contributed by atoms with van der Waals surface area (Å²) in [7, 11) is 1.72. The Morgan fingerprint density at radius 3 is 2.50 bits per heavy atom. The van der Waals surface area contributed by atoms with Gasteiger partial charge in [-0.05, 0) is 24.3 Å². The lowest BCUT2D eigenvalue weighted by Crippen LogP contribution is -1.82. The molecule has 1 aromatic carbocycles. The molecule has 0 fully saturated rings. The van der Waals surface area contributed by atoms with Crippen LogP contribution < -0.4 is 0 Å². The van der Waals surface area contributed by atoms with Crippen molar-refractivity contribution in [2.75, 3.05) is 0 Å². The molecule has 0 aliphatic carbocycles. The van der Waals surface area contributed by atoms with Gasteiger partial charge in [0.1, 0.15) is 9.12 Å². The number of pyridine rings is 2. The van der Waals surface area contributed by atoms with Crippen LogP contribution in [0.4, 0.5) is 0 Å². The van der Waals surface area contributed by atoms with Crippen LogP contribution in [0.2, 0.25) is 0 Å². The van der Waals surface area contributed by atoms with Gasteiger partial charge < -0.3 is 0 Å². The third kappa shape index (κ3) is 1.77. The summed E-state index contributed by atoms with van der Waals surface area (Å²) in [5, 5.41) is 2.28. The van der Waals surface area contributed by atoms with Crippen molar-refractivity contribution < 1.29 is 4.57 Å². The molecule has 0 saturated carbocycles. The molecule has 3 aromatic rings. The Hall–Kier alpha value is -1.86. The molecule has 16 heavy (non-hydrogen) atoms. The molecule has 2 heterocycles. The van der Waals surface area contributed by atoms with Gasteiger partial charge in [0, 0.05) is 23.2 Å². The first-order valence-electron chi connectivity index (χ1n) is 4.74. The average molecular weight is 228 g/mol. The Kier molecular flexibility index (Phi) is 3.18. The predicted molar refractivity (Wildman–Crippen MR) is 66.0 cm³/mol. The highest BCUT2D eigenvalue weighted by atomic mass is 31.0. The molecule has 3 nitrogen and oxygen atoms in total. The van der Waals surface area contributed by atoms with Crippen molar-refractivity contribution in [1.29, 1.82) is 0 Å². The quantitative estimate of drug-likeness (QED) is 0.438. The predicted octanol–water partition coefficient (Wildman–Crippen LogP) is 3.26. The highest BCUT2D eigenvalue weighted by Gasteiger charge is 1.99. The molecule has 0 aliphatic heterocycles. The van der Waals surface area contributed by atoms with Gasteiger partial charge in [-0.25, -0.2) is 0 Å². The summed E-state index contributed by atoms with van der Waals surface area (Å²) >= 11 is 0. The molecule has 0 unspecified atom stereocenters. The summed E-state index contributed by atoms with van der Waals surface area (Å²) in [4.78, 5) is 8.66. The maximum Gasteiger partial charge on any atom is 0.138 e. The minimum absolute atomic E-state index is 0.999. The molecule has 0 bridgehead atoms. The van der Waals surface area contributed by atoms with E-state index in [1.165, 1.54) is 0 Å². The normalized spacial score (nSPS) is 9.75. The van der Waals surface area contributed by atoms with Crippen LogP contribution in [0.5, 0.6) is 0 Å². The summed E-state index contributed by atoms with van der Waals surface area (Å²) in [5.74, 6) is 0. The Labute approximate surface area is 94.8 Å². The van der Waals surface area contributed by atoms with Gasteiger partial charge in [-0.15, -0.1) is 0 Å². The number of fused-ring (bicyclic) bond motifs is 3. The summed E-state index contributed by atoms with van der Waals surface area (Å²) in [6.45, 7) is 0. The number of nitrogens with zero attached hydrogens (tertiary/aromatic N) is 2. The molecule has 0 N–H and O–H groups in total. The zero-order chi connectivity index (χ0) is 11.4. The third-order valence-electron chi connectivity index (χ3n) is 2.35. The number of benzene rings is 1. The largest absolute Gasteiger partial charge is 0.279 e. The molecule has 4 heteroatoms. The SMILES string of the molecule is O=P.c1cnc2c(c1)ccc1ncccc12. The molecule has 0 atom stereocenters. The van der Waals surface area contributed by atoms with E-state index in [0.29, 0.717) is 0 Å². The first-order valence-corrected chi connectivity index (χ1v) is 5.15. The number of hydrogen-bond donors (Lipinski definition) is 0. The maximum absolute atomic E-state index is 8.06. The number of aromatic nitrogens is 2. The van der Waals surface area contributed by atoms with Crippen molar-refractivity contribution in [1.82, 2.24) is 9.97 Å². The van der Waals surface area contributed by atoms with E-state index in [4.69, 9.17) is 4.57 Å². The fourth-order valence-electron chi connectivity index (χ4n) is 1.70. The lowest BCUT2D eigenvalue weighted by atomic mass is 10.1. The van der Waals surface area contributed by atoms with Crippen LogP contribution >= 0.6 is 9.12 Å². The van der Waals surface area contributed by atoms with Crippen LogP contribution in [-0.2, 0) is 4.57 Å². The van der Waals surface area contributed by atoms with Crippen molar-refractivity contribution in [3.8, 4) is 0 Å². The van der Waals surface area contributed by atoms with Crippen molar-refractivity contribution in [3.63, 3.8) is 0 Å². The molecule has 0 radical (unpaired) electrons. The lowest BCUT2D eigenvalue weighted by molar-refractivity contribution is 0.607. The fraction of sp³-hybridized carbons (Fsp3) is 0. The van der Waals surface area contributed by atoms with Crippen LogP contribution in [0.3, 0.4) is 0 Å². The van der Waals surface area contributed by atoms with Crippen LogP contribution in [0, 0.1) is 0 Å². The third-order valence-corrected chi connectivity index (χ3v) is 2.35. The highest BCUT2D eigenvalue weighted by molar-refractivity contribution is 7.00. The van der Waals surface area contributed by atoms with E-state index in [9.17, 15) is 0 Å². The molecule has 3 rings (SSSR count). The van der Waals surface area contributed by atoms with E-state index in [0.717, 1.165) is 21.8 Å². The van der Waals surface area contributed by atoms with Crippen LogP contribution in [0.15, 0.2) is 48.8 Å². The zero-order valence-electron chi connectivity index (χ0n) is 8.42. The Bertz CT molecular complexity index is 572. The van der Waals surface area contributed by atoms with E-state index < -0.39 is 0 Å². The van der Waals surface area contributed by atoms with Gasteiger partial charge in [-0.2, -0.15) is 0 Å². The van der Waals surface area contributed by atoms with Crippen LogP contribution in [0.25, 0.3) is 21.8 Å². The smallest absolute Gasteiger partial charge is 0.138 e. The topological polar surface area (TPSA) is 42.9 Å². The Balaban J connectivity index is 0.000000457. The number of hydrogen-bond acceptors (Lipinski definition) is 3. The highest BCUT2D eigenvalue weighted by Crippen LogP contribution is 2.20. The van der Waals surface area contributed by atoms with Gasteiger partial charge in [-0.1, -0.05) is 12.1 Å². The molecule has 0 amide bonds. The van der Waals surface area contributed by atoms with Crippen LogP contribution in [-0.4, -0.2) is 9.97 Å². The van der Waals surface area contributed by atoms with Gasteiger partial charge in [0.2, 0.25) is 0 Å². The second-order valence-corrected chi connectivity index (χ2v) is 3.21. The van der Waals surface area contributed by atoms with E-state index in [-0.39, 0.29) is 0 Å². The van der Waals surface area contributed by atoms with Crippen molar-refractivity contribution in [2.45, 2.75) is 0 Å². The molecule has 2 aromatic heterocycles. The second-order valence-electron chi connectivity index (χ2n) is 3.21. The molecule has 0 saturated heterocycles. The first kappa shape index (κ1) is 10.7. The standard InChI is InChI=1S/C12H8N2.HOP/c1-3-9-5-6-11-10(4-2-7-13-11)12(9)14-8-1;1-2/h1-8H;2H. The number of rotatable bonds is 0. The van der Waals surface area contributed by atoms with E-state index in [1.807, 2.05) is 24.4 Å². The minimum atomic E-state index is 0.999. The zero-order valence-corrected chi connectivity index (χ0v) is 9.42. The van der Waals surface area contributed by atoms with Gasteiger partial charge in [-0.3, -0.25) is 14.5 Å². The van der Waals surface area contributed by atoms with E-state index in [2.05, 4.69) is 28.2 Å². The summed E-state index contributed by atoms with van der Waals surface area (Å²) in [6, 6.07) is 12.1. The minimum Gasteiger partial charge on any atom is -0.279 e. The summed E-state index contributed by atoms with van der Waals surface area (Å²) < 4.78 is 8.06. The summed E-state index contributed by atoms with van der Waals surface area (Å²) in [6.07, 6.45) is 3.62. The van der Waals surface area contributed by atoms with Crippen molar-refractivity contribution in [2.24, 2.45) is 0 Å². The molecule has 0 spiro atoms. The van der Waals surface area contributed by atoms with Gasteiger partial charge >= 0.3 is 0 Å². The maximum atomic E-state index is 8.06. The van der Waals surface area contributed by atoms with E-state index >= 15 is 0 Å². The van der Waals surface area contributed by atoms with Crippen LogP contribution in [0.1, 0.15) is 0 Å². The molecule has 0 aliphatic rings. The second kappa shape index (κ2) is 4.77. The van der Waals surface area contributed by atoms with Crippen molar-refractivity contribution in [3.05, 3.63) is 48.8 Å².